The summed E-state index contributed by atoms with van der Waals surface area (Å²) in [5, 5.41) is 8.77. The second-order valence-electron chi connectivity index (χ2n) is 3.77. The number of rotatable bonds is 4. The highest BCUT2D eigenvalue weighted by molar-refractivity contribution is 5.20. The van der Waals surface area contributed by atoms with Crippen molar-refractivity contribution in [2.45, 2.75) is 13.2 Å². The molecule has 0 unspecified atom stereocenters. The average molecular weight is 268 g/mol. The van der Waals surface area contributed by atoms with Gasteiger partial charge in [-0.3, -0.25) is 4.79 Å². The van der Waals surface area contributed by atoms with Crippen molar-refractivity contribution < 1.29 is 23.0 Å². The number of ether oxygens (including phenoxy) is 1. The van der Waals surface area contributed by atoms with Crippen LogP contribution in [0.3, 0.4) is 0 Å². The van der Waals surface area contributed by atoms with Crippen LogP contribution in [0.25, 0.3) is 0 Å². The largest absolute Gasteiger partial charge is 0.482 e. The normalized spacial score (nSPS) is 10.5. The van der Waals surface area contributed by atoms with Gasteiger partial charge in [0.05, 0.1) is 0 Å². The molecule has 1 aromatic heterocycles. The molecule has 6 heteroatoms. The van der Waals surface area contributed by atoms with Crippen molar-refractivity contribution in [3.63, 3.8) is 0 Å². The summed E-state index contributed by atoms with van der Waals surface area (Å²) in [4.78, 5) is 11.5. The maximum atomic E-state index is 12.9. The monoisotopic (exact) mass is 268 g/mol. The SMILES string of the molecule is O=c1cc(CO)occ1OCc1ccc(F)c(F)c1. The molecular formula is C13H10F2O4. The fourth-order valence-corrected chi connectivity index (χ4v) is 1.42. The predicted molar refractivity (Wildman–Crippen MR) is 61.6 cm³/mol. The van der Waals surface area contributed by atoms with Crippen molar-refractivity contribution in [3.05, 3.63) is 63.7 Å². The van der Waals surface area contributed by atoms with Crippen LogP contribution in [-0.4, -0.2) is 5.11 Å². The lowest BCUT2D eigenvalue weighted by atomic mass is 10.2. The van der Waals surface area contributed by atoms with Gasteiger partial charge >= 0.3 is 0 Å². The molecular weight excluding hydrogens is 258 g/mol. The van der Waals surface area contributed by atoms with Crippen LogP contribution in [0.1, 0.15) is 11.3 Å². The Hall–Kier alpha value is -2.21. The van der Waals surface area contributed by atoms with E-state index in [0.717, 1.165) is 24.5 Å². The zero-order valence-electron chi connectivity index (χ0n) is 9.73. The summed E-state index contributed by atoms with van der Waals surface area (Å²) >= 11 is 0. The number of hydrogen-bond acceptors (Lipinski definition) is 4. The van der Waals surface area contributed by atoms with E-state index in [1.807, 2.05) is 0 Å². The van der Waals surface area contributed by atoms with Gasteiger partial charge in [0.1, 0.15) is 25.2 Å². The minimum absolute atomic E-state index is 0.0677. The molecule has 0 fully saturated rings. The van der Waals surface area contributed by atoms with Gasteiger partial charge in [0.15, 0.2) is 11.6 Å². The lowest BCUT2D eigenvalue weighted by Crippen LogP contribution is -2.08. The van der Waals surface area contributed by atoms with Crippen molar-refractivity contribution in [2.75, 3.05) is 0 Å². The molecule has 1 aromatic carbocycles. The van der Waals surface area contributed by atoms with Crippen LogP contribution in [0.15, 0.2) is 39.7 Å². The van der Waals surface area contributed by atoms with E-state index in [2.05, 4.69) is 0 Å². The van der Waals surface area contributed by atoms with Crippen molar-refractivity contribution >= 4 is 0 Å². The fraction of sp³-hybridized carbons (Fsp3) is 0.154. The topological polar surface area (TPSA) is 59.7 Å². The van der Waals surface area contributed by atoms with Crippen LogP contribution in [-0.2, 0) is 13.2 Å². The van der Waals surface area contributed by atoms with Crippen LogP contribution in [0.4, 0.5) is 8.78 Å². The second kappa shape index (κ2) is 5.62. The van der Waals surface area contributed by atoms with Crippen LogP contribution in [0, 0.1) is 11.6 Å². The number of benzene rings is 1. The maximum absolute atomic E-state index is 12.9. The molecule has 1 heterocycles. The Morgan fingerprint density at radius 1 is 1.21 bits per heavy atom. The van der Waals surface area contributed by atoms with Gasteiger partial charge in [-0.2, -0.15) is 0 Å². The van der Waals surface area contributed by atoms with E-state index in [4.69, 9.17) is 14.3 Å². The number of hydrogen-bond donors (Lipinski definition) is 1. The quantitative estimate of drug-likeness (QED) is 0.921. The molecule has 19 heavy (non-hydrogen) atoms. The molecule has 0 bridgehead atoms. The molecule has 2 aromatic rings. The first kappa shape index (κ1) is 13.2. The molecule has 0 saturated carbocycles. The first-order valence-electron chi connectivity index (χ1n) is 5.39. The summed E-state index contributed by atoms with van der Waals surface area (Å²) in [5.41, 5.74) is -0.0811. The van der Waals surface area contributed by atoms with Crippen molar-refractivity contribution in [3.8, 4) is 5.75 Å². The summed E-state index contributed by atoms with van der Waals surface area (Å²) in [6.45, 7) is -0.487. The molecule has 0 spiro atoms. The summed E-state index contributed by atoms with van der Waals surface area (Å²) in [6, 6.07) is 4.41. The third kappa shape index (κ3) is 3.17. The Balaban J connectivity index is 2.10. The lowest BCUT2D eigenvalue weighted by molar-refractivity contribution is 0.236. The van der Waals surface area contributed by atoms with Gasteiger partial charge in [-0.15, -0.1) is 0 Å². The Labute approximate surface area is 106 Å². The highest BCUT2D eigenvalue weighted by Gasteiger charge is 2.06. The van der Waals surface area contributed by atoms with Crippen LogP contribution >= 0.6 is 0 Å². The van der Waals surface area contributed by atoms with Gasteiger partial charge in [-0.05, 0) is 17.7 Å². The van der Waals surface area contributed by atoms with Crippen LogP contribution < -0.4 is 10.2 Å². The molecule has 0 amide bonds. The lowest BCUT2D eigenvalue weighted by Gasteiger charge is -2.05. The number of halogens is 2. The van der Waals surface area contributed by atoms with Crippen molar-refractivity contribution in [1.29, 1.82) is 0 Å². The smallest absolute Gasteiger partial charge is 0.227 e. The fourth-order valence-electron chi connectivity index (χ4n) is 1.42. The molecule has 0 radical (unpaired) electrons. The van der Waals surface area contributed by atoms with Gasteiger partial charge in [0.25, 0.3) is 0 Å². The predicted octanol–water partition coefficient (Wildman–Crippen LogP) is 1.99. The standard InChI is InChI=1S/C13H10F2O4/c14-10-2-1-8(3-11(10)15)6-19-13-7-18-9(5-16)4-12(13)17/h1-4,7,16H,5-6H2. The molecule has 0 aliphatic heterocycles. The Morgan fingerprint density at radius 2 is 2.00 bits per heavy atom. The Kier molecular flexibility index (Phi) is 3.91. The third-order valence-electron chi connectivity index (χ3n) is 2.39. The molecule has 100 valence electrons. The molecule has 0 aliphatic rings. The summed E-state index contributed by atoms with van der Waals surface area (Å²) in [6.07, 6.45) is 1.06. The van der Waals surface area contributed by atoms with E-state index < -0.39 is 23.7 Å². The Bertz CT molecular complexity index is 637. The van der Waals surface area contributed by atoms with E-state index in [-0.39, 0.29) is 18.1 Å². The van der Waals surface area contributed by atoms with Gasteiger partial charge in [0.2, 0.25) is 11.2 Å². The number of aliphatic hydroxyl groups excluding tert-OH is 1. The second-order valence-corrected chi connectivity index (χ2v) is 3.77. The number of aliphatic hydroxyl groups is 1. The van der Waals surface area contributed by atoms with Gasteiger partial charge < -0.3 is 14.3 Å². The minimum atomic E-state index is -0.983. The molecule has 4 nitrogen and oxygen atoms in total. The zero-order chi connectivity index (χ0) is 13.8. The summed E-state index contributed by atoms with van der Waals surface area (Å²) in [5.74, 6) is -1.88. The zero-order valence-corrected chi connectivity index (χ0v) is 9.73. The highest BCUT2D eigenvalue weighted by atomic mass is 19.2. The summed E-state index contributed by atoms with van der Waals surface area (Å²) in [7, 11) is 0. The first-order valence-corrected chi connectivity index (χ1v) is 5.39. The molecule has 0 saturated heterocycles. The summed E-state index contributed by atoms with van der Waals surface area (Å²) < 4.78 is 35.7. The molecule has 1 N–H and O–H groups in total. The van der Waals surface area contributed by atoms with Gasteiger partial charge in [-0.1, -0.05) is 6.07 Å². The van der Waals surface area contributed by atoms with Crippen molar-refractivity contribution in [1.82, 2.24) is 0 Å². The first-order chi connectivity index (χ1) is 9.10. The van der Waals surface area contributed by atoms with Gasteiger partial charge in [-0.25, -0.2) is 8.78 Å². The molecule has 0 aliphatic carbocycles. The molecule has 0 atom stereocenters. The van der Waals surface area contributed by atoms with E-state index in [9.17, 15) is 13.6 Å². The maximum Gasteiger partial charge on any atom is 0.227 e. The van der Waals surface area contributed by atoms with E-state index >= 15 is 0 Å². The molecule has 2 rings (SSSR count). The minimum Gasteiger partial charge on any atom is -0.482 e. The Morgan fingerprint density at radius 3 is 2.63 bits per heavy atom. The van der Waals surface area contributed by atoms with Crippen LogP contribution in [0.5, 0.6) is 5.75 Å². The van der Waals surface area contributed by atoms with E-state index in [1.165, 1.54) is 6.07 Å². The third-order valence-corrected chi connectivity index (χ3v) is 2.39. The van der Waals surface area contributed by atoms with Crippen molar-refractivity contribution in [2.24, 2.45) is 0 Å². The van der Waals surface area contributed by atoms with E-state index in [1.54, 1.807) is 0 Å². The van der Waals surface area contributed by atoms with Crippen LogP contribution in [0.2, 0.25) is 0 Å². The highest BCUT2D eigenvalue weighted by Crippen LogP contribution is 2.12. The average Bonchev–Trinajstić information content (AvgIpc) is 2.41. The van der Waals surface area contributed by atoms with E-state index in [0.29, 0.717) is 5.56 Å². The van der Waals surface area contributed by atoms with Gasteiger partial charge in [0, 0.05) is 6.07 Å².